The number of ether oxygens (including phenoxy) is 1. The monoisotopic (exact) mass is 167 g/mol. The Morgan fingerprint density at radius 1 is 1.58 bits per heavy atom. The molecule has 1 heterocycles. The van der Waals surface area contributed by atoms with Crippen molar-refractivity contribution in [2.75, 3.05) is 12.3 Å². The van der Waals surface area contributed by atoms with E-state index < -0.39 is 0 Å². The molecular weight excluding hydrogens is 154 g/mol. The SMILES string of the molecule is CCCCOc1nnccc1N. The predicted octanol–water partition coefficient (Wildman–Crippen LogP) is 1.24. The molecule has 0 aromatic carbocycles. The Morgan fingerprint density at radius 3 is 3.08 bits per heavy atom. The van der Waals surface area contributed by atoms with Gasteiger partial charge in [-0.3, -0.25) is 0 Å². The van der Waals surface area contributed by atoms with Crippen LogP contribution < -0.4 is 10.5 Å². The van der Waals surface area contributed by atoms with Crippen LogP contribution in [0.3, 0.4) is 0 Å². The molecule has 0 radical (unpaired) electrons. The van der Waals surface area contributed by atoms with Crippen molar-refractivity contribution in [1.82, 2.24) is 10.2 Å². The van der Waals surface area contributed by atoms with E-state index in [1.54, 1.807) is 12.3 Å². The smallest absolute Gasteiger partial charge is 0.256 e. The summed E-state index contributed by atoms with van der Waals surface area (Å²) >= 11 is 0. The minimum Gasteiger partial charge on any atom is -0.475 e. The molecule has 0 aliphatic rings. The Bertz CT molecular complexity index is 239. The van der Waals surface area contributed by atoms with Crippen LogP contribution >= 0.6 is 0 Å². The molecule has 4 nitrogen and oxygen atoms in total. The Morgan fingerprint density at radius 2 is 2.42 bits per heavy atom. The minimum atomic E-state index is 0.436. The molecule has 1 aromatic heterocycles. The van der Waals surface area contributed by atoms with Crippen molar-refractivity contribution in [1.29, 1.82) is 0 Å². The highest BCUT2D eigenvalue weighted by atomic mass is 16.5. The normalized spacial score (nSPS) is 9.75. The molecule has 0 aliphatic heterocycles. The fourth-order valence-corrected chi connectivity index (χ4v) is 0.754. The summed E-state index contributed by atoms with van der Waals surface area (Å²) in [6.07, 6.45) is 3.65. The number of nitrogen functional groups attached to an aromatic ring is 1. The summed E-state index contributed by atoms with van der Waals surface area (Å²) < 4.78 is 5.28. The minimum absolute atomic E-state index is 0.436. The fourth-order valence-electron chi connectivity index (χ4n) is 0.754. The average Bonchev–Trinajstić information content (AvgIpc) is 2.09. The van der Waals surface area contributed by atoms with Gasteiger partial charge in [-0.05, 0) is 12.5 Å². The van der Waals surface area contributed by atoms with E-state index in [-0.39, 0.29) is 0 Å². The van der Waals surface area contributed by atoms with E-state index in [2.05, 4.69) is 17.1 Å². The summed E-state index contributed by atoms with van der Waals surface area (Å²) in [6.45, 7) is 2.75. The molecule has 0 amide bonds. The van der Waals surface area contributed by atoms with E-state index in [0.717, 1.165) is 12.8 Å². The molecule has 1 rings (SSSR count). The van der Waals surface area contributed by atoms with Crippen LogP contribution in [0, 0.1) is 0 Å². The standard InChI is InChI=1S/C8H13N3O/c1-2-3-6-12-8-7(9)4-5-10-11-8/h4-5H,2-3,6H2,1H3,(H2,9,10). The number of unbranched alkanes of at least 4 members (excludes halogenated alkanes) is 1. The first-order chi connectivity index (χ1) is 5.84. The third-order valence-corrected chi connectivity index (χ3v) is 1.45. The van der Waals surface area contributed by atoms with Gasteiger partial charge in [0.15, 0.2) is 0 Å². The number of hydrogen-bond donors (Lipinski definition) is 1. The number of aromatic nitrogens is 2. The van der Waals surface area contributed by atoms with Crippen molar-refractivity contribution in [3.8, 4) is 5.88 Å². The Labute approximate surface area is 71.8 Å². The molecule has 1 aromatic rings. The summed E-state index contributed by atoms with van der Waals surface area (Å²) in [7, 11) is 0. The van der Waals surface area contributed by atoms with Crippen LogP contribution in [0.15, 0.2) is 12.3 Å². The highest BCUT2D eigenvalue weighted by Crippen LogP contribution is 2.14. The van der Waals surface area contributed by atoms with Crippen LogP contribution in [0.4, 0.5) is 5.69 Å². The van der Waals surface area contributed by atoms with Gasteiger partial charge < -0.3 is 10.5 Å². The summed E-state index contributed by atoms with van der Waals surface area (Å²) in [5.41, 5.74) is 6.12. The molecule has 0 fully saturated rings. The quantitative estimate of drug-likeness (QED) is 0.685. The summed E-state index contributed by atoms with van der Waals surface area (Å²) in [5.74, 6) is 0.436. The molecule has 66 valence electrons. The number of nitrogens with two attached hydrogens (primary N) is 1. The molecule has 0 aliphatic carbocycles. The van der Waals surface area contributed by atoms with Gasteiger partial charge in [0.05, 0.1) is 18.5 Å². The predicted molar refractivity (Wildman–Crippen MR) is 46.8 cm³/mol. The lowest BCUT2D eigenvalue weighted by molar-refractivity contribution is 0.296. The van der Waals surface area contributed by atoms with Gasteiger partial charge in [-0.2, -0.15) is 5.10 Å². The van der Waals surface area contributed by atoms with Gasteiger partial charge in [-0.1, -0.05) is 13.3 Å². The van der Waals surface area contributed by atoms with Gasteiger partial charge in [0.25, 0.3) is 5.88 Å². The number of hydrogen-bond acceptors (Lipinski definition) is 4. The highest BCUT2D eigenvalue weighted by Gasteiger charge is 1.99. The molecular formula is C8H13N3O. The maximum Gasteiger partial charge on any atom is 0.256 e. The van der Waals surface area contributed by atoms with E-state index >= 15 is 0 Å². The molecule has 0 atom stereocenters. The highest BCUT2D eigenvalue weighted by molar-refractivity contribution is 5.45. The van der Waals surface area contributed by atoms with Crippen LogP contribution in [0.25, 0.3) is 0 Å². The zero-order valence-corrected chi connectivity index (χ0v) is 7.16. The second kappa shape index (κ2) is 4.54. The number of anilines is 1. The van der Waals surface area contributed by atoms with Gasteiger partial charge in [-0.25, -0.2) is 0 Å². The second-order valence-corrected chi connectivity index (χ2v) is 2.49. The first kappa shape index (κ1) is 8.77. The maximum absolute atomic E-state index is 5.58. The van der Waals surface area contributed by atoms with Crippen LogP contribution in [0.5, 0.6) is 5.88 Å². The van der Waals surface area contributed by atoms with Crippen LogP contribution in [-0.2, 0) is 0 Å². The lowest BCUT2D eigenvalue weighted by Crippen LogP contribution is -2.02. The zero-order valence-electron chi connectivity index (χ0n) is 7.16. The fraction of sp³-hybridized carbons (Fsp3) is 0.500. The lowest BCUT2D eigenvalue weighted by atomic mass is 10.4. The number of rotatable bonds is 4. The molecule has 0 bridgehead atoms. The third-order valence-electron chi connectivity index (χ3n) is 1.45. The first-order valence-corrected chi connectivity index (χ1v) is 4.04. The molecule has 0 saturated heterocycles. The van der Waals surface area contributed by atoms with E-state index in [4.69, 9.17) is 10.5 Å². The van der Waals surface area contributed by atoms with Crippen LogP contribution in [0.2, 0.25) is 0 Å². The van der Waals surface area contributed by atoms with Gasteiger partial charge in [0, 0.05) is 0 Å². The van der Waals surface area contributed by atoms with E-state index in [0.29, 0.717) is 18.2 Å². The van der Waals surface area contributed by atoms with Gasteiger partial charge in [0.1, 0.15) is 0 Å². The van der Waals surface area contributed by atoms with E-state index in [1.165, 1.54) is 0 Å². The maximum atomic E-state index is 5.58. The Kier molecular flexibility index (Phi) is 3.32. The van der Waals surface area contributed by atoms with Gasteiger partial charge in [0.2, 0.25) is 0 Å². The topological polar surface area (TPSA) is 61.0 Å². The lowest BCUT2D eigenvalue weighted by Gasteiger charge is -2.04. The van der Waals surface area contributed by atoms with E-state index in [1.807, 2.05) is 0 Å². The molecule has 0 saturated carbocycles. The Balaban J connectivity index is 2.46. The molecule has 12 heavy (non-hydrogen) atoms. The summed E-state index contributed by atoms with van der Waals surface area (Å²) in [6, 6.07) is 1.67. The molecule has 2 N–H and O–H groups in total. The molecule has 0 spiro atoms. The summed E-state index contributed by atoms with van der Waals surface area (Å²) in [5, 5.41) is 7.42. The average molecular weight is 167 g/mol. The van der Waals surface area contributed by atoms with Gasteiger partial charge >= 0.3 is 0 Å². The van der Waals surface area contributed by atoms with Crippen LogP contribution in [-0.4, -0.2) is 16.8 Å². The third kappa shape index (κ3) is 2.38. The zero-order chi connectivity index (χ0) is 8.81. The summed E-state index contributed by atoms with van der Waals surface area (Å²) in [4.78, 5) is 0. The van der Waals surface area contributed by atoms with Gasteiger partial charge in [-0.15, -0.1) is 5.10 Å². The first-order valence-electron chi connectivity index (χ1n) is 4.04. The Hall–Kier alpha value is -1.32. The second-order valence-electron chi connectivity index (χ2n) is 2.49. The number of nitrogens with zero attached hydrogens (tertiary/aromatic N) is 2. The van der Waals surface area contributed by atoms with Crippen molar-refractivity contribution < 1.29 is 4.74 Å². The molecule has 4 heteroatoms. The van der Waals surface area contributed by atoms with Crippen molar-refractivity contribution >= 4 is 5.69 Å². The van der Waals surface area contributed by atoms with Crippen molar-refractivity contribution in [2.45, 2.75) is 19.8 Å². The van der Waals surface area contributed by atoms with Crippen molar-refractivity contribution in [3.05, 3.63) is 12.3 Å². The van der Waals surface area contributed by atoms with Crippen molar-refractivity contribution in [3.63, 3.8) is 0 Å². The van der Waals surface area contributed by atoms with Crippen LogP contribution in [0.1, 0.15) is 19.8 Å². The van der Waals surface area contributed by atoms with Crippen molar-refractivity contribution in [2.24, 2.45) is 0 Å². The molecule has 0 unspecified atom stereocenters. The largest absolute Gasteiger partial charge is 0.475 e. The van der Waals surface area contributed by atoms with E-state index in [9.17, 15) is 0 Å².